The molecule has 6 aromatic carbocycles. The zero-order valence-electron chi connectivity index (χ0n) is 32.7. The van der Waals surface area contributed by atoms with Gasteiger partial charge in [0, 0.05) is 47.2 Å². The lowest BCUT2D eigenvalue weighted by molar-refractivity contribution is 0.0103. The van der Waals surface area contributed by atoms with Crippen LogP contribution in [-0.4, -0.2) is 45.3 Å². The summed E-state index contributed by atoms with van der Waals surface area (Å²) < 4.78 is 24.0. The van der Waals surface area contributed by atoms with Gasteiger partial charge < -0.3 is 28.1 Å². The van der Waals surface area contributed by atoms with Crippen LogP contribution in [0.25, 0.3) is 0 Å². The van der Waals surface area contributed by atoms with Crippen molar-refractivity contribution in [2.75, 3.05) is 0 Å². The van der Waals surface area contributed by atoms with Crippen LogP contribution < -0.4 is 28.1 Å². The van der Waals surface area contributed by atoms with Crippen molar-refractivity contribution in [3.63, 3.8) is 0 Å². The molecule has 0 atom stereocenters. The minimum Gasteiger partial charge on any atom is -0.440 e. The molecule has 0 amide bonds. The maximum Gasteiger partial charge on any atom is 0.336 e. The number of nitrogens with zero attached hydrogens (tertiary/aromatic N) is 3. The Bertz CT molecular complexity index is 2260. The smallest absolute Gasteiger partial charge is 0.336 e. The van der Waals surface area contributed by atoms with Gasteiger partial charge in [-0.05, 0) is 215 Å². The molecule has 0 radical (unpaired) electrons. The Hall–Kier alpha value is -4.95. The van der Waals surface area contributed by atoms with E-state index >= 15 is 0 Å². The van der Waals surface area contributed by atoms with Gasteiger partial charge in [0.05, 0.1) is 0 Å². The molecule has 336 valence electrons. The highest BCUT2D eigenvalue weighted by Gasteiger charge is 2.60. The molecule has 1 fully saturated rings. The van der Waals surface area contributed by atoms with Crippen molar-refractivity contribution in [2.24, 2.45) is 0 Å². The number of carbonyl (C=O) groups is 6. The molecule has 0 saturated carbocycles. The molecule has 6 aromatic rings. The SMILES string of the molecule is O=C(Cl)c1ccc(ON2P(Oc3ccc(C(=O)Cl)cc3)N(Oc3ccc(C(=O)Cl)cc3)P(Oc3ccc(C(=O)Cl)cc3)N(Oc3ccc(C(=O)Cl)cc3)P2Oc2ccc(C(=O)Cl)cc2)cc1. The summed E-state index contributed by atoms with van der Waals surface area (Å²) in [6.07, 6.45) is 0. The summed E-state index contributed by atoms with van der Waals surface area (Å²) in [6, 6.07) is 34.5. The lowest BCUT2D eigenvalue weighted by Gasteiger charge is -2.47. The van der Waals surface area contributed by atoms with Crippen molar-refractivity contribution in [3.8, 4) is 34.5 Å². The van der Waals surface area contributed by atoms with E-state index in [9.17, 15) is 28.8 Å². The van der Waals surface area contributed by atoms with Crippen LogP contribution in [0.4, 0.5) is 0 Å². The van der Waals surface area contributed by atoms with E-state index in [1.807, 2.05) is 0 Å². The lowest BCUT2D eigenvalue weighted by Crippen LogP contribution is -2.44. The van der Waals surface area contributed by atoms with Crippen LogP contribution in [0.1, 0.15) is 62.1 Å². The van der Waals surface area contributed by atoms with Crippen molar-refractivity contribution in [1.29, 1.82) is 0 Å². The molecule has 1 aliphatic rings. The van der Waals surface area contributed by atoms with Crippen molar-refractivity contribution in [2.45, 2.75) is 0 Å². The summed E-state index contributed by atoms with van der Waals surface area (Å²) in [5, 5.41) is -4.39. The first kappa shape index (κ1) is 49.0. The molecular weight excluding hydrogens is 1040 g/mol. The molecule has 1 aliphatic heterocycles. The van der Waals surface area contributed by atoms with Gasteiger partial charge in [0.15, 0.2) is 0 Å². The quantitative estimate of drug-likeness (QED) is 0.0588. The summed E-state index contributed by atoms with van der Waals surface area (Å²) in [6.45, 7) is 0. The summed E-state index contributed by atoms with van der Waals surface area (Å²) >= 11 is 34.6. The van der Waals surface area contributed by atoms with Crippen LogP contribution in [0, 0.1) is 0 Å². The Morgan fingerprint density at radius 1 is 0.273 bits per heavy atom. The maximum atomic E-state index is 12.1. The van der Waals surface area contributed by atoms with Gasteiger partial charge in [-0.1, -0.05) is 0 Å². The second-order valence-electron chi connectivity index (χ2n) is 12.9. The molecular formula is C42H24Cl6N3O12P3. The zero-order chi connectivity index (χ0) is 47.1. The molecule has 0 unspecified atom stereocenters. The lowest BCUT2D eigenvalue weighted by atomic mass is 10.2. The number of hydrogen-bond acceptors (Lipinski definition) is 15. The highest BCUT2D eigenvalue weighted by Crippen LogP contribution is 2.76. The van der Waals surface area contributed by atoms with Crippen molar-refractivity contribution in [3.05, 3.63) is 179 Å². The summed E-state index contributed by atoms with van der Waals surface area (Å²) in [5.74, 6) is 0.764. The van der Waals surface area contributed by atoms with E-state index < -0.39 is 56.8 Å². The zero-order valence-corrected chi connectivity index (χ0v) is 39.9. The van der Waals surface area contributed by atoms with E-state index in [2.05, 4.69) is 0 Å². The first-order valence-electron chi connectivity index (χ1n) is 18.3. The van der Waals surface area contributed by atoms with Crippen LogP contribution in [0.2, 0.25) is 0 Å². The van der Waals surface area contributed by atoms with Gasteiger partial charge in [-0.15, -0.1) is 0 Å². The third-order valence-corrected chi connectivity index (χ3v) is 15.9. The third kappa shape index (κ3) is 12.3. The summed E-state index contributed by atoms with van der Waals surface area (Å²) in [4.78, 5) is 92.3. The summed E-state index contributed by atoms with van der Waals surface area (Å²) in [5.41, 5.74) is 0.900. The Balaban J connectivity index is 1.46. The highest BCUT2D eigenvalue weighted by molar-refractivity contribution is 7.78. The number of hydrogen-bond donors (Lipinski definition) is 0. The van der Waals surface area contributed by atoms with Crippen LogP contribution in [-0.2, 0) is 0 Å². The molecule has 24 heteroatoms. The second kappa shape index (κ2) is 22.2. The first-order valence-corrected chi connectivity index (χ1v) is 24.1. The fourth-order valence-electron chi connectivity index (χ4n) is 5.26. The molecule has 0 aromatic heterocycles. The number of rotatable bonds is 18. The van der Waals surface area contributed by atoms with Crippen LogP contribution in [0.15, 0.2) is 146 Å². The average molecular weight is 1070 g/mol. The minimum absolute atomic E-state index is 0.110. The van der Waals surface area contributed by atoms with Gasteiger partial charge in [0.1, 0.15) is 34.5 Å². The Labute approximate surface area is 408 Å². The standard InChI is InChI=1S/C42H24Cl6N3O12P3/c43-37(52)25-1-13-31(14-2-25)58-49-64(61-34-19-7-28(8-20-34)40(46)55)50(59-32-15-3-26(4-16-32)38(44)53)66(63-36-23-11-30(12-24-36)42(48)57)51(60-33-17-5-27(6-18-33)39(45)54)65(49)62-35-21-9-29(10-22-35)41(47)56/h1-24H. The van der Waals surface area contributed by atoms with Gasteiger partial charge in [0.2, 0.25) is 0 Å². The van der Waals surface area contributed by atoms with Crippen LogP contribution in [0.5, 0.6) is 34.5 Å². The molecule has 1 heterocycles. The Morgan fingerprint density at radius 3 is 0.576 bits per heavy atom. The first-order chi connectivity index (χ1) is 31.6. The van der Waals surface area contributed by atoms with E-state index in [-0.39, 0.29) is 67.9 Å². The molecule has 7 rings (SSSR count). The van der Waals surface area contributed by atoms with E-state index in [1.165, 1.54) is 159 Å². The van der Waals surface area contributed by atoms with Crippen molar-refractivity contribution in [1.82, 2.24) is 13.8 Å². The van der Waals surface area contributed by atoms with Gasteiger partial charge in [-0.3, -0.25) is 28.8 Å². The van der Waals surface area contributed by atoms with Crippen LogP contribution >= 0.6 is 95.0 Å². The highest BCUT2D eigenvalue weighted by atomic mass is 35.5. The number of carbonyl (C=O) groups excluding carboxylic acids is 6. The Kier molecular flexibility index (Phi) is 16.5. The van der Waals surface area contributed by atoms with Gasteiger partial charge >= 0.3 is 25.3 Å². The third-order valence-electron chi connectivity index (χ3n) is 8.49. The number of benzene rings is 6. The van der Waals surface area contributed by atoms with Gasteiger partial charge in [0.25, 0.3) is 31.5 Å². The normalized spacial score (nSPS) is 16.4. The van der Waals surface area contributed by atoms with Crippen LogP contribution in [0.3, 0.4) is 0 Å². The predicted molar refractivity (Wildman–Crippen MR) is 250 cm³/mol. The average Bonchev–Trinajstić information content (AvgIpc) is 3.30. The summed E-state index contributed by atoms with van der Waals surface area (Å²) in [7, 11) is -7.84. The van der Waals surface area contributed by atoms with E-state index in [0.717, 1.165) is 0 Å². The molecule has 0 N–H and O–H groups in total. The fraction of sp³-hybridized carbons (Fsp3) is 0. The minimum atomic E-state index is -2.61. The monoisotopic (exact) mass is 1060 g/mol. The van der Waals surface area contributed by atoms with Gasteiger partial charge in [-0.2, -0.15) is 0 Å². The van der Waals surface area contributed by atoms with E-state index in [1.54, 1.807) is 0 Å². The molecule has 15 nitrogen and oxygen atoms in total. The fourth-order valence-corrected chi connectivity index (χ4v) is 12.8. The second-order valence-corrected chi connectivity index (χ2v) is 20.1. The molecule has 0 spiro atoms. The van der Waals surface area contributed by atoms with E-state index in [4.69, 9.17) is 97.7 Å². The Morgan fingerprint density at radius 2 is 0.424 bits per heavy atom. The van der Waals surface area contributed by atoms with Crippen molar-refractivity contribution >= 4 is 126 Å². The van der Waals surface area contributed by atoms with E-state index in [0.29, 0.717) is 0 Å². The topological polar surface area (TPSA) is 168 Å². The maximum absolute atomic E-state index is 12.1. The number of halogens is 6. The molecule has 66 heavy (non-hydrogen) atoms. The molecule has 0 bridgehead atoms. The molecule has 0 aliphatic carbocycles. The van der Waals surface area contributed by atoms with Gasteiger partial charge in [-0.25, -0.2) is 0 Å². The van der Waals surface area contributed by atoms with Crippen molar-refractivity contribution < 1.29 is 56.9 Å². The predicted octanol–water partition coefficient (Wildman–Crippen LogP) is 13.1. The molecule has 1 saturated heterocycles. The largest absolute Gasteiger partial charge is 0.440 e.